The summed E-state index contributed by atoms with van der Waals surface area (Å²) in [4.78, 5) is 11.8. The van der Waals surface area contributed by atoms with Crippen molar-refractivity contribution < 1.29 is 9.18 Å². The maximum atomic E-state index is 13.5. The maximum Gasteiger partial charge on any atom is 0.276 e. The van der Waals surface area contributed by atoms with Crippen molar-refractivity contribution in [2.75, 3.05) is 17.7 Å². The van der Waals surface area contributed by atoms with Crippen molar-refractivity contribution in [1.29, 1.82) is 0 Å². The van der Waals surface area contributed by atoms with E-state index in [0.29, 0.717) is 5.82 Å². The van der Waals surface area contributed by atoms with E-state index in [9.17, 15) is 9.18 Å². The third kappa shape index (κ3) is 3.17. The number of nitrogens with one attached hydrogen (secondary N) is 2. The van der Waals surface area contributed by atoms with Gasteiger partial charge in [-0.05, 0) is 30.3 Å². The number of anilines is 2. The quantitative estimate of drug-likeness (QED) is 0.907. The summed E-state index contributed by atoms with van der Waals surface area (Å²) in [6.45, 7) is 0. The van der Waals surface area contributed by atoms with Crippen LogP contribution < -0.4 is 10.6 Å². The Morgan fingerprint density at radius 2 is 2.05 bits per heavy atom. The number of halogens is 2. The fourth-order valence-corrected chi connectivity index (χ4v) is 1.52. The highest BCUT2D eigenvalue weighted by Gasteiger charge is 2.11. The topological polar surface area (TPSA) is 66.9 Å². The molecule has 1 aromatic heterocycles. The Morgan fingerprint density at radius 1 is 1.26 bits per heavy atom. The van der Waals surface area contributed by atoms with Gasteiger partial charge in [0, 0.05) is 12.1 Å². The molecule has 2 N–H and O–H groups in total. The predicted octanol–water partition coefficient (Wildman–Crippen LogP) is 2.56. The lowest BCUT2D eigenvalue weighted by atomic mass is 10.3. The molecule has 0 aliphatic heterocycles. The SMILES string of the molecule is CNc1ccc(C(=O)Nc2ccc(Cl)cc2F)nn1. The van der Waals surface area contributed by atoms with Gasteiger partial charge in [-0.2, -0.15) is 0 Å². The second-order valence-electron chi connectivity index (χ2n) is 3.63. The van der Waals surface area contributed by atoms with Crippen molar-refractivity contribution in [3.05, 3.63) is 46.9 Å². The average Bonchev–Trinajstić information content (AvgIpc) is 2.42. The summed E-state index contributed by atoms with van der Waals surface area (Å²) in [5.74, 6) is -0.619. The highest BCUT2D eigenvalue weighted by molar-refractivity contribution is 6.30. The molecule has 7 heteroatoms. The van der Waals surface area contributed by atoms with Gasteiger partial charge in [-0.25, -0.2) is 4.39 Å². The van der Waals surface area contributed by atoms with Gasteiger partial charge in [0.2, 0.25) is 0 Å². The lowest BCUT2D eigenvalue weighted by Crippen LogP contribution is -2.15. The van der Waals surface area contributed by atoms with Gasteiger partial charge >= 0.3 is 0 Å². The number of carbonyl (C=O) groups is 1. The molecule has 2 rings (SSSR count). The summed E-state index contributed by atoms with van der Waals surface area (Å²) in [7, 11) is 1.69. The van der Waals surface area contributed by atoms with Crippen LogP contribution in [-0.2, 0) is 0 Å². The highest BCUT2D eigenvalue weighted by Crippen LogP contribution is 2.19. The molecule has 5 nitrogen and oxygen atoms in total. The minimum atomic E-state index is -0.611. The zero-order valence-corrected chi connectivity index (χ0v) is 10.7. The molecular formula is C12H10ClFN4O. The third-order valence-corrected chi connectivity index (χ3v) is 2.57. The molecular weight excluding hydrogens is 271 g/mol. The van der Waals surface area contributed by atoms with Crippen LogP contribution in [0.1, 0.15) is 10.5 Å². The van der Waals surface area contributed by atoms with Crippen molar-refractivity contribution in [3.63, 3.8) is 0 Å². The van der Waals surface area contributed by atoms with E-state index in [1.807, 2.05) is 0 Å². The van der Waals surface area contributed by atoms with E-state index in [4.69, 9.17) is 11.6 Å². The van der Waals surface area contributed by atoms with Crippen molar-refractivity contribution in [2.45, 2.75) is 0 Å². The van der Waals surface area contributed by atoms with Gasteiger partial charge in [0.15, 0.2) is 5.69 Å². The normalized spacial score (nSPS) is 10.1. The van der Waals surface area contributed by atoms with Crippen LogP contribution in [0.2, 0.25) is 5.02 Å². The first-order chi connectivity index (χ1) is 9.10. The Kier molecular flexibility index (Phi) is 3.91. The lowest BCUT2D eigenvalue weighted by Gasteiger charge is -2.06. The van der Waals surface area contributed by atoms with Crippen LogP contribution in [0.4, 0.5) is 15.9 Å². The number of aromatic nitrogens is 2. The first kappa shape index (κ1) is 13.2. The van der Waals surface area contributed by atoms with E-state index in [1.54, 1.807) is 13.1 Å². The molecule has 98 valence electrons. The van der Waals surface area contributed by atoms with Crippen LogP contribution in [-0.4, -0.2) is 23.2 Å². The number of amides is 1. The molecule has 1 aromatic carbocycles. The highest BCUT2D eigenvalue weighted by atomic mass is 35.5. The van der Waals surface area contributed by atoms with E-state index < -0.39 is 11.7 Å². The molecule has 0 aliphatic carbocycles. The number of carbonyl (C=O) groups excluding carboxylic acids is 1. The number of hydrogen-bond acceptors (Lipinski definition) is 4. The van der Waals surface area contributed by atoms with Gasteiger partial charge in [0.25, 0.3) is 5.91 Å². The summed E-state index contributed by atoms with van der Waals surface area (Å²) in [5.41, 5.74) is 0.127. The lowest BCUT2D eigenvalue weighted by molar-refractivity contribution is 0.102. The summed E-state index contributed by atoms with van der Waals surface area (Å²) in [5, 5.41) is 12.9. The fourth-order valence-electron chi connectivity index (χ4n) is 1.36. The maximum absolute atomic E-state index is 13.5. The molecule has 0 radical (unpaired) electrons. The van der Waals surface area contributed by atoms with E-state index in [-0.39, 0.29) is 16.4 Å². The van der Waals surface area contributed by atoms with Crippen LogP contribution in [0.15, 0.2) is 30.3 Å². The molecule has 0 aliphatic rings. The third-order valence-electron chi connectivity index (χ3n) is 2.33. The second-order valence-corrected chi connectivity index (χ2v) is 4.07. The largest absolute Gasteiger partial charge is 0.372 e. The summed E-state index contributed by atoms with van der Waals surface area (Å²) < 4.78 is 13.5. The first-order valence-corrected chi connectivity index (χ1v) is 5.76. The van der Waals surface area contributed by atoms with Gasteiger partial charge < -0.3 is 10.6 Å². The van der Waals surface area contributed by atoms with Gasteiger partial charge in [0.05, 0.1) is 5.69 Å². The van der Waals surface area contributed by atoms with Gasteiger partial charge in [-0.1, -0.05) is 11.6 Å². The van der Waals surface area contributed by atoms with E-state index in [1.165, 1.54) is 18.2 Å². The fraction of sp³-hybridized carbons (Fsp3) is 0.0833. The van der Waals surface area contributed by atoms with Crippen LogP contribution in [0.3, 0.4) is 0 Å². The molecule has 2 aromatic rings. The monoisotopic (exact) mass is 280 g/mol. The zero-order valence-electron chi connectivity index (χ0n) is 9.95. The molecule has 0 spiro atoms. The predicted molar refractivity (Wildman–Crippen MR) is 70.9 cm³/mol. The Labute approximate surface area is 113 Å². The van der Waals surface area contributed by atoms with Crippen LogP contribution in [0.25, 0.3) is 0 Å². The minimum Gasteiger partial charge on any atom is -0.372 e. The molecule has 0 unspecified atom stereocenters. The van der Waals surface area contributed by atoms with Gasteiger partial charge in [-0.3, -0.25) is 4.79 Å². The number of rotatable bonds is 3. The minimum absolute atomic E-state index is 0.0360. The Balaban J connectivity index is 2.15. The standard InChI is InChI=1S/C12H10ClFN4O/c1-15-11-5-4-10(17-18-11)12(19)16-9-3-2-7(13)6-8(9)14/h2-6H,1H3,(H,15,18)(H,16,19). The molecule has 0 saturated carbocycles. The molecule has 0 atom stereocenters. The van der Waals surface area contributed by atoms with Crippen LogP contribution in [0, 0.1) is 5.82 Å². The van der Waals surface area contributed by atoms with E-state index in [0.717, 1.165) is 6.07 Å². The van der Waals surface area contributed by atoms with E-state index in [2.05, 4.69) is 20.8 Å². The summed E-state index contributed by atoms with van der Waals surface area (Å²) in [6, 6.07) is 7.07. The smallest absolute Gasteiger partial charge is 0.276 e. The van der Waals surface area contributed by atoms with Gasteiger partial charge in [-0.15, -0.1) is 10.2 Å². The zero-order chi connectivity index (χ0) is 13.8. The van der Waals surface area contributed by atoms with Gasteiger partial charge in [0.1, 0.15) is 11.6 Å². The van der Waals surface area contributed by atoms with Crippen molar-refractivity contribution in [1.82, 2.24) is 10.2 Å². The Hall–Kier alpha value is -2.21. The van der Waals surface area contributed by atoms with Crippen molar-refractivity contribution >= 4 is 29.0 Å². The summed E-state index contributed by atoms with van der Waals surface area (Å²) in [6.07, 6.45) is 0. The Bertz CT molecular complexity index is 603. The molecule has 1 amide bonds. The molecule has 0 fully saturated rings. The number of nitrogens with zero attached hydrogens (tertiary/aromatic N) is 2. The average molecular weight is 281 g/mol. The van der Waals surface area contributed by atoms with Crippen molar-refractivity contribution in [2.24, 2.45) is 0 Å². The number of hydrogen-bond donors (Lipinski definition) is 2. The molecule has 19 heavy (non-hydrogen) atoms. The first-order valence-electron chi connectivity index (χ1n) is 5.38. The van der Waals surface area contributed by atoms with E-state index >= 15 is 0 Å². The molecule has 1 heterocycles. The van der Waals surface area contributed by atoms with Crippen LogP contribution in [0.5, 0.6) is 0 Å². The molecule has 0 bridgehead atoms. The van der Waals surface area contributed by atoms with Crippen molar-refractivity contribution in [3.8, 4) is 0 Å². The van der Waals surface area contributed by atoms with Crippen LogP contribution >= 0.6 is 11.6 Å². The summed E-state index contributed by atoms with van der Waals surface area (Å²) >= 11 is 5.62. The Morgan fingerprint density at radius 3 is 2.63 bits per heavy atom. The second kappa shape index (κ2) is 5.62. The molecule has 0 saturated heterocycles. The number of benzene rings is 1.